The molecule has 2 aliphatic carbocycles. The fraction of sp³-hybridized carbons (Fsp3) is 0.875. The smallest absolute Gasteiger partial charge is 0.211 e. The molecule has 2 bridgehead atoms. The first-order valence-corrected chi connectivity index (χ1v) is 7.81. The van der Waals surface area contributed by atoms with E-state index in [2.05, 4.69) is 9.98 Å². The molecule has 4 nitrogen and oxygen atoms in total. The second kappa shape index (κ2) is 6.97. The van der Waals surface area contributed by atoms with Crippen LogP contribution in [0.15, 0.2) is 9.98 Å². The van der Waals surface area contributed by atoms with Crippen molar-refractivity contribution in [2.75, 3.05) is 6.54 Å². The van der Waals surface area contributed by atoms with Crippen LogP contribution in [-0.4, -0.2) is 24.7 Å². The van der Waals surface area contributed by atoms with Crippen molar-refractivity contribution >= 4 is 12.2 Å². The Bertz CT molecular complexity index is 424. The van der Waals surface area contributed by atoms with Gasteiger partial charge in [-0.15, -0.1) is 0 Å². The van der Waals surface area contributed by atoms with Gasteiger partial charge >= 0.3 is 0 Å². The van der Waals surface area contributed by atoms with Gasteiger partial charge in [0.15, 0.2) is 0 Å². The normalized spacial score (nSPS) is 32.5. The number of isocyanates is 2. The molecule has 0 saturated heterocycles. The molecule has 0 aliphatic heterocycles. The summed E-state index contributed by atoms with van der Waals surface area (Å²) in [6, 6.07) is 0.103. The van der Waals surface area contributed by atoms with Crippen molar-refractivity contribution in [1.29, 1.82) is 0 Å². The average molecular weight is 276 g/mol. The van der Waals surface area contributed by atoms with Crippen LogP contribution in [0.4, 0.5) is 0 Å². The number of rotatable bonds is 8. The minimum absolute atomic E-state index is 0.103. The highest BCUT2D eigenvalue weighted by Gasteiger charge is 2.51. The molecule has 4 atom stereocenters. The lowest BCUT2D eigenvalue weighted by atomic mass is 9.69. The SMILES string of the molecule is CC(CC12CCC(CC1CCCCN=C=O)C2)N=C=O. The third-order valence-electron chi connectivity index (χ3n) is 5.34. The topological polar surface area (TPSA) is 58.9 Å². The molecule has 0 aromatic carbocycles. The number of nitrogens with zero attached hydrogens (tertiary/aromatic N) is 2. The Morgan fingerprint density at radius 1 is 1.30 bits per heavy atom. The van der Waals surface area contributed by atoms with Crippen molar-refractivity contribution in [2.24, 2.45) is 27.2 Å². The highest BCUT2D eigenvalue weighted by molar-refractivity contribution is 5.33. The highest BCUT2D eigenvalue weighted by atomic mass is 16.1. The van der Waals surface area contributed by atoms with Gasteiger partial charge in [0, 0.05) is 0 Å². The van der Waals surface area contributed by atoms with E-state index in [9.17, 15) is 9.59 Å². The molecule has 2 fully saturated rings. The van der Waals surface area contributed by atoms with Gasteiger partial charge in [-0.2, -0.15) is 0 Å². The van der Waals surface area contributed by atoms with E-state index in [0.29, 0.717) is 12.0 Å². The predicted molar refractivity (Wildman–Crippen MR) is 76.9 cm³/mol. The summed E-state index contributed by atoms with van der Waals surface area (Å²) in [6.07, 6.45) is 13.0. The molecule has 110 valence electrons. The largest absolute Gasteiger partial charge is 0.235 e. The Hall–Kier alpha value is -1.24. The third kappa shape index (κ3) is 3.45. The van der Waals surface area contributed by atoms with Crippen molar-refractivity contribution in [3.63, 3.8) is 0 Å². The zero-order valence-corrected chi connectivity index (χ0v) is 12.3. The molecule has 2 aliphatic rings. The summed E-state index contributed by atoms with van der Waals surface area (Å²) in [6.45, 7) is 2.64. The zero-order chi connectivity index (χ0) is 14.4. The van der Waals surface area contributed by atoms with Crippen molar-refractivity contribution in [1.82, 2.24) is 0 Å². The first-order chi connectivity index (χ1) is 9.70. The molecule has 0 heterocycles. The fourth-order valence-electron chi connectivity index (χ4n) is 4.62. The summed E-state index contributed by atoms with van der Waals surface area (Å²) in [4.78, 5) is 27.9. The number of unbranched alkanes of at least 4 members (excludes halogenated alkanes) is 1. The Balaban J connectivity index is 1.87. The van der Waals surface area contributed by atoms with Crippen molar-refractivity contribution in [3.8, 4) is 0 Å². The van der Waals surface area contributed by atoms with Crippen LogP contribution in [0.1, 0.15) is 58.3 Å². The number of hydrogen-bond acceptors (Lipinski definition) is 4. The highest BCUT2D eigenvalue weighted by Crippen LogP contribution is 2.61. The van der Waals surface area contributed by atoms with E-state index in [4.69, 9.17) is 0 Å². The Kier molecular flexibility index (Phi) is 5.28. The molecule has 2 saturated carbocycles. The summed E-state index contributed by atoms with van der Waals surface area (Å²) in [7, 11) is 0. The number of carbonyl (C=O) groups excluding carboxylic acids is 2. The maximum absolute atomic E-state index is 10.4. The molecule has 4 unspecified atom stereocenters. The standard InChI is InChI=1S/C16H24N2O2/c1-13(18-12-20)9-16-6-5-14(10-16)8-15(16)4-2-3-7-17-11-19/h13-15H,2-10H2,1H3. The summed E-state index contributed by atoms with van der Waals surface area (Å²) in [5, 5.41) is 0. The predicted octanol–water partition coefficient (Wildman–Crippen LogP) is 3.41. The van der Waals surface area contributed by atoms with E-state index in [1.165, 1.54) is 32.1 Å². The summed E-state index contributed by atoms with van der Waals surface area (Å²) in [5.41, 5.74) is 0.415. The monoisotopic (exact) mass is 276 g/mol. The van der Waals surface area contributed by atoms with Gasteiger partial charge < -0.3 is 0 Å². The lowest BCUT2D eigenvalue weighted by Crippen LogP contribution is -2.28. The maximum atomic E-state index is 10.4. The molecular formula is C16H24N2O2. The molecule has 0 N–H and O–H groups in total. The van der Waals surface area contributed by atoms with Gasteiger partial charge in [0.25, 0.3) is 0 Å². The van der Waals surface area contributed by atoms with Gasteiger partial charge in [-0.1, -0.05) is 6.42 Å². The van der Waals surface area contributed by atoms with Gasteiger partial charge in [-0.25, -0.2) is 19.6 Å². The molecule has 0 aromatic heterocycles. The minimum atomic E-state index is 0.103. The summed E-state index contributed by atoms with van der Waals surface area (Å²) < 4.78 is 0. The van der Waals surface area contributed by atoms with Crippen LogP contribution in [0.25, 0.3) is 0 Å². The quantitative estimate of drug-likeness (QED) is 0.387. The molecule has 0 amide bonds. The van der Waals surface area contributed by atoms with Crippen LogP contribution in [0, 0.1) is 17.3 Å². The van der Waals surface area contributed by atoms with E-state index in [-0.39, 0.29) is 6.04 Å². The first kappa shape index (κ1) is 15.2. The van der Waals surface area contributed by atoms with Gasteiger partial charge in [0.1, 0.15) is 0 Å². The van der Waals surface area contributed by atoms with E-state index < -0.39 is 0 Å². The zero-order valence-electron chi connectivity index (χ0n) is 12.3. The molecule has 0 radical (unpaired) electrons. The van der Waals surface area contributed by atoms with Gasteiger partial charge in [0.05, 0.1) is 12.6 Å². The van der Waals surface area contributed by atoms with Crippen LogP contribution in [0.3, 0.4) is 0 Å². The van der Waals surface area contributed by atoms with Crippen LogP contribution in [-0.2, 0) is 9.59 Å². The van der Waals surface area contributed by atoms with Crippen molar-refractivity contribution in [3.05, 3.63) is 0 Å². The Labute approximate surface area is 120 Å². The third-order valence-corrected chi connectivity index (χ3v) is 5.34. The fourth-order valence-corrected chi connectivity index (χ4v) is 4.62. The van der Waals surface area contributed by atoms with E-state index in [1.54, 1.807) is 12.2 Å². The van der Waals surface area contributed by atoms with Crippen molar-refractivity contribution < 1.29 is 9.59 Å². The van der Waals surface area contributed by atoms with E-state index >= 15 is 0 Å². The lowest BCUT2D eigenvalue weighted by Gasteiger charge is -2.36. The molecule has 0 aromatic rings. The number of hydrogen-bond donors (Lipinski definition) is 0. The molecule has 20 heavy (non-hydrogen) atoms. The average Bonchev–Trinajstić information content (AvgIpc) is 2.96. The molecule has 2 rings (SSSR count). The summed E-state index contributed by atoms with van der Waals surface area (Å²) in [5.74, 6) is 1.66. The van der Waals surface area contributed by atoms with Crippen LogP contribution >= 0.6 is 0 Å². The summed E-state index contributed by atoms with van der Waals surface area (Å²) >= 11 is 0. The lowest BCUT2D eigenvalue weighted by molar-refractivity contribution is 0.147. The molecule has 0 spiro atoms. The molecule has 4 heteroatoms. The second-order valence-corrected chi connectivity index (χ2v) is 6.65. The Morgan fingerprint density at radius 3 is 2.85 bits per heavy atom. The van der Waals surface area contributed by atoms with Crippen molar-refractivity contribution in [2.45, 2.75) is 64.3 Å². The van der Waals surface area contributed by atoms with Crippen LogP contribution in [0.5, 0.6) is 0 Å². The Morgan fingerprint density at radius 2 is 2.15 bits per heavy atom. The molecular weight excluding hydrogens is 252 g/mol. The van der Waals surface area contributed by atoms with E-state index in [0.717, 1.165) is 31.1 Å². The first-order valence-electron chi connectivity index (χ1n) is 7.81. The number of fused-ring (bicyclic) bond motifs is 2. The van der Waals surface area contributed by atoms with E-state index in [1.807, 2.05) is 6.92 Å². The second-order valence-electron chi connectivity index (χ2n) is 6.65. The maximum Gasteiger partial charge on any atom is 0.235 e. The van der Waals surface area contributed by atoms with Gasteiger partial charge in [0.2, 0.25) is 12.2 Å². The minimum Gasteiger partial charge on any atom is -0.211 e. The number of aliphatic imine (C=N–C) groups is 2. The van der Waals surface area contributed by atoms with Crippen LogP contribution < -0.4 is 0 Å². The van der Waals surface area contributed by atoms with Gasteiger partial charge in [-0.05, 0) is 69.1 Å². The van der Waals surface area contributed by atoms with Crippen LogP contribution in [0.2, 0.25) is 0 Å². The van der Waals surface area contributed by atoms with Gasteiger partial charge in [-0.3, -0.25) is 0 Å².